The number of anilines is 1. The molecule has 102 valence electrons. The minimum atomic E-state index is 0.506. The second-order valence-corrected chi connectivity index (χ2v) is 4.80. The van der Waals surface area contributed by atoms with Crippen molar-refractivity contribution in [3.63, 3.8) is 0 Å². The third-order valence-electron chi connectivity index (χ3n) is 2.77. The Bertz CT molecular complexity index is 680. The highest BCUT2D eigenvalue weighted by molar-refractivity contribution is 7.08. The van der Waals surface area contributed by atoms with Crippen molar-refractivity contribution < 1.29 is 4.74 Å². The van der Waals surface area contributed by atoms with Gasteiger partial charge in [-0.2, -0.15) is 0 Å². The zero-order valence-corrected chi connectivity index (χ0v) is 11.6. The van der Waals surface area contributed by atoms with Crippen molar-refractivity contribution in [2.45, 2.75) is 6.54 Å². The zero-order chi connectivity index (χ0) is 13.8. The summed E-state index contributed by atoms with van der Waals surface area (Å²) in [5.41, 5.74) is 3.77. The molecule has 6 nitrogen and oxygen atoms in total. The first-order valence-electron chi connectivity index (χ1n) is 6.01. The van der Waals surface area contributed by atoms with Crippen LogP contribution in [-0.4, -0.2) is 27.0 Å². The number of aromatic amines is 1. The molecule has 0 fully saturated rings. The van der Waals surface area contributed by atoms with E-state index in [2.05, 4.69) is 25.3 Å². The molecule has 0 aliphatic carbocycles. The number of imidazole rings is 1. The lowest BCUT2D eigenvalue weighted by Gasteiger charge is -2.06. The number of rotatable bonds is 5. The average Bonchev–Trinajstić information content (AvgIpc) is 3.16. The van der Waals surface area contributed by atoms with Gasteiger partial charge in [-0.1, -0.05) is 0 Å². The van der Waals surface area contributed by atoms with Crippen LogP contribution in [-0.2, 0) is 6.54 Å². The molecule has 0 saturated carbocycles. The molecule has 0 unspecified atom stereocenters. The monoisotopic (exact) mass is 287 g/mol. The van der Waals surface area contributed by atoms with Gasteiger partial charge in [-0.25, -0.2) is 9.97 Å². The molecule has 3 aromatic rings. The molecule has 0 radical (unpaired) electrons. The van der Waals surface area contributed by atoms with E-state index in [1.807, 2.05) is 17.0 Å². The Morgan fingerprint density at radius 2 is 2.30 bits per heavy atom. The summed E-state index contributed by atoms with van der Waals surface area (Å²) in [6.45, 7) is 0.657. The molecule has 0 atom stereocenters. The Kier molecular flexibility index (Phi) is 3.60. The van der Waals surface area contributed by atoms with Crippen LogP contribution in [0, 0.1) is 0 Å². The first-order valence-corrected chi connectivity index (χ1v) is 6.95. The van der Waals surface area contributed by atoms with Gasteiger partial charge in [0.1, 0.15) is 0 Å². The quantitative estimate of drug-likeness (QED) is 0.754. The van der Waals surface area contributed by atoms with Gasteiger partial charge in [-0.15, -0.1) is 11.3 Å². The second-order valence-electron chi connectivity index (χ2n) is 4.06. The maximum absolute atomic E-state index is 5.11. The lowest BCUT2D eigenvalue weighted by atomic mass is 10.2. The maximum atomic E-state index is 5.11. The van der Waals surface area contributed by atoms with Gasteiger partial charge >= 0.3 is 0 Å². The number of hydrogen-bond acceptors (Lipinski definition) is 6. The lowest BCUT2D eigenvalue weighted by molar-refractivity contribution is 0.396. The van der Waals surface area contributed by atoms with Gasteiger partial charge in [0.25, 0.3) is 0 Å². The SMILES string of the molecule is COc1cncc(-c2cscc2NCc2c[nH]cn2)n1. The molecule has 0 spiro atoms. The average molecular weight is 287 g/mol. The molecular formula is C13H13N5OS. The highest BCUT2D eigenvalue weighted by Gasteiger charge is 2.09. The number of hydrogen-bond donors (Lipinski definition) is 2. The molecule has 3 aromatic heterocycles. The van der Waals surface area contributed by atoms with Crippen molar-refractivity contribution in [2.75, 3.05) is 12.4 Å². The smallest absolute Gasteiger partial charge is 0.232 e. The fraction of sp³-hybridized carbons (Fsp3) is 0.154. The topological polar surface area (TPSA) is 75.7 Å². The lowest BCUT2D eigenvalue weighted by Crippen LogP contribution is -2.00. The highest BCUT2D eigenvalue weighted by atomic mass is 32.1. The molecule has 3 rings (SSSR count). The van der Waals surface area contributed by atoms with Crippen LogP contribution < -0.4 is 10.1 Å². The number of nitrogens with zero attached hydrogens (tertiary/aromatic N) is 3. The maximum Gasteiger partial charge on any atom is 0.232 e. The molecule has 7 heteroatoms. The number of nitrogens with one attached hydrogen (secondary N) is 2. The standard InChI is InChI=1S/C13H13N5OS/c1-19-13-5-14-4-11(18-13)10-6-20-7-12(10)16-3-9-2-15-8-17-9/h2,4-8,16H,3H2,1H3,(H,15,17). The number of ether oxygens (including phenoxy) is 1. The van der Waals surface area contributed by atoms with Crippen LogP contribution in [0.3, 0.4) is 0 Å². The van der Waals surface area contributed by atoms with Crippen molar-refractivity contribution >= 4 is 17.0 Å². The molecule has 0 aliphatic heterocycles. The van der Waals surface area contributed by atoms with E-state index in [9.17, 15) is 0 Å². The summed E-state index contributed by atoms with van der Waals surface area (Å²) >= 11 is 1.61. The normalized spacial score (nSPS) is 10.4. The Hall–Kier alpha value is -2.41. The van der Waals surface area contributed by atoms with E-state index in [4.69, 9.17) is 4.74 Å². The van der Waals surface area contributed by atoms with E-state index in [0.717, 1.165) is 22.6 Å². The summed E-state index contributed by atoms with van der Waals surface area (Å²) < 4.78 is 5.11. The number of thiophene rings is 1. The summed E-state index contributed by atoms with van der Waals surface area (Å²) in [7, 11) is 1.58. The van der Waals surface area contributed by atoms with Crippen molar-refractivity contribution in [2.24, 2.45) is 0 Å². The second kappa shape index (κ2) is 5.70. The minimum Gasteiger partial charge on any atom is -0.480 e. The molecular weight excluding hydrogens is 274 g/mol. The highest BCUT2D eigenvalue weighted by Crippen LogP contribution is 2.31. The van der Waals surface area contributed by atoms with Crippen molar-refractivity contribution in [1.82, 2.24) is 19.9 Å². The Balaban J connectivity index is 1.82. The Labute approximate surface area is 119 Å². The van der Waals surface area contributed by atoms with Crippen molar-refractivity contribution in [3.05, 3.63) is 41.4 Å². The van der Waals surface area contributed by atoms with Crippen LogP contribution in [0.25, 0.3) is 11.3 Å². The summed E-state index contributed by atoms with van der Waals surface area (Å²) in [4.78, 5) is 15.7. The number of methoxy groups -OCH3 is 1. The summed E-state index contributed by atoms with van der Waals surface area (Å²) in [5, 5.41) is 7.43. The molecule has 0 aliphatic rings. The molecule has 0 bridgehead atoms. The summed E-state index contributed by atoms with van der Waals surface area (Å²) in [6, 6.07) is 0. The number of aromatic nitrogens is 4. The van der Waals surface area contributed by atoms with Gasteiger partial charge in [-0.3, -0.25) is 4.98 Å². The van der Waals surface area contributed by atoms with E-state index in [1.165, 1.54) is 0 Å². The van der Waals surface area contributed by atoms with Crippen LogP contribution in [0.2, 0.25) is 0 Å². The van der Waals surface area contributed by atoms with Crippen LogP contribution in [0.1, 0.15) is 5.69 Å². The van der Waals surface area contributed by atoms with E-state index in [0.29, 0.717) is 12.4 Å². The van der Waals surface area contributed by atoms with E-state index >= 15 is 0 Å². The van der Waals surface area contributed by atoms with Crippen LogP contribution >= 0.6 is 11.3 Å². The molecule has 0 aromatic carbocycles. The Morgan fingerprint density at radius 3 is 3.10 bits per heavy atom. The Morgan fingerprint density at radius 1 is 1.35 bits per heavy atom. The molecule has 20 heavy (non-hydrogen) atoms. The van der Waals surface area contributed by atoms with E-state index < -0.39 is 0 Å². The fourth-order valence-corrected chi connectivity index (χ4v) is 2.58. The first-order chi connectivity index (χ1) is 9.86. The minimum absolute atomic E-state index is 0.506. The number of H-pyrrole nitrogens is 1. The van der Waals surface area contributed by atoms with Gasteiger partial charge in [-0.05, 0) is 0 Å². The zero-order valence-electron chi connectivity index (χ0n) is 10.8. The van der Waals surface area contributed by atoms with Gasteiger partial charge in [0, 0.05) is 22.5 Å². The first kappa shape index (κ1) is 12.6. The molecule has 0 saturated heterocycles. The molecule has 0 amide bonds. The third kappa shape index (κ3) is 2.62. The third-order valence-corrected chi connectivity index (χ3v) is 3.52. The molecule has 3 heterocycles. The van der Waals surface area contributed by atoms with Crippen LogP contribution in [0.4, 0.5) is 5.69 Å². The molecule has 2 N–H and O–H groups in total. The fourth-order valence-electron chi connectivity index (χ4n) is 1.78. The predicted octanol–water partition coefficient (Wildman–Crippen LogP) is 2.55. The van der Waals surface area contributed by atoms with Gasteiger partial charge in [0.2, 0.25) is 5.88 Å². The van der Waals surface area contributed by atoms with Crippen LogP contribution in [0.5, 0.6) is 5.88 Å². The van der Waals surface area contributed by atoms with E-state index in [-0.39, 0.29) is 0 Å². The van der Waals surface area contributed by atoms with Crippen LogP contribution in [0.15, 0.2) is 35.7 Å². The predicted molar refractivity (Wildman–Crippen MR) is 77.8 cm³/mol. The van der Waals surface area contributed by atoms with Gasteiger partial charge in [0.15, 0.2) is 0 Å². The largest absolute Gasteiger partial charge is 0.480 e. The summed E-state index contributed by atoms with van der Waals surface area (Å²) in [6.07, 6.45) is 6.85. The van der Waals surface area contributed by atoms with Gasteiger partial charge in [0.05, 0.1) is 49.5 Å². The van der Waals surface area contributed by atoms with Crippen molar-refractivity contribution in [3.8, 4) is 17.1 Å². The summed E-state index contributed by atoms with van der Waals surface area (Å²) in [5.74, 6) is 0.506. The van der Waals surface area contributed by atoms with E-state index in [1.54, 1.807) is 37.2 Å². The van der Waals surface area contributed by atoms with Gasteiger partial charge < -0.3 is 15.0 Å². The van der Waals surface area contributed by atoms with Crippen molar-refractivity contribution in [1.29, 1.82) is 0 Å².